The first-order chi connectivity index (χ1) is 3.42. The number of hydrogen-bond acceptors (Lipinski definition) is 2. The van der Waals surface area contributed by atoms with Crippen LogP contribution >= 0.6 is 15.9 Å². The van der Waals surface area contributed by atoms with Crippen molar-refractivity contribution in [1.29, 1.82) is 0 Å². The summed E-state index contributed by atoms with van der Waals surface area (Å²) >= 11 is 2.84. The molecule has 50 valence electrons. The second kappa shape index (κ2) is 2.80. The van der Waals surface area contributed by atoms with E-state index in [0.717, 1.165) is 0 Å². The molecule has 3 heteroatoms. The second-order valence-electron chi connectivity index (χ2n) is 2.52. The van der Waals surface area contributed by atoms with Crippen molar-refractivity contribution in [3.05, 3.63) is 0 Å². The molecule has 0 aliphatic rings. The SMILES string of the molecule is CC(C)(C)OC(O)Br. The highest BCUT2D eigenvalue weighted by atomic mass is 79.9. The molecule has 0 radical (unpaired) electrons. The summed E-state index contributed by atoms with van der Waals surface area (Å²) in [7, 11) is 0. The third-order valence-electron chi connectivity index (χ3n) is 0.451. The largest absolute Gasteiger partial charge is 0.359 e. The van der Waals surface area contributed by atoms with Gasteiger partial charge in [-0.2, -0.15) is 0 Å². The fourth-order valence-electron chi connectivity index (χ4n) is 0.292. The molecule has 2 nitrogen and oxygen atoms in total. The lowest BCUT2D eigenvalue weighted by Gasteiger charge is -2.19. The van der Waals surface area contributed by atoms with Gasteiger partial charge in [0.25, 0.3) is 0 Å². The normalized spacial score (nSPS) is 16.1. The maximum absolute atomic E-state index is 8.58. The van der Waals surface area contributed by atoms with Crippen molar-refractivity contribution < 1.29 is 9.84 Å². The Morgan fingerprint density at radius 1 is 1.50 bits per heavy atom. The smallest absolute Gasteiger partial charge is 0.213 e. The summed E-state index contributed by atoms with van der Waals surface area (Å²) in [5.74, 6) is 0. The van der Waals surface area contributed by atoms with Gasteiger partial charge in [-0.25, -0.2) is 0 Å². The number of rotatable bonds is 1. The zero-order valence-corrected chi connectivity index (χ0v) is 6.90. The number of aliphatic hydroxyl groups is 1. The van der Waals surface area contributed by atoms with Crippen LogP contribution in [0.3, 0.4) is 0 Å². The Morgan fingerprint density at radius 3 is 1.88 bits per heavy atom. The first kappa shape index (κ1) is 8.40. The minimum Gasteiger partial charge on any atom is -0.359 e. The molecule has 0 spiro atoms. The maximum Gasteiger partial charge on any atom is 0.213 e. The van der Waals surface area contributed by atoms with Crippen molar-refractivity contribution in [3.8, 4) is 0 Å². The van der Waals surface area contributed by atoms with Crippen molar-refractivity contribution >= 4 is 15.9 Å². The molecule has 1 N–H and O–H groups in total. The standard InChI is InChI=1S/C5H11BrO2/c1-5(2,3)8-4(6)7/h4,7H,1-3H3. The van der Waals surface area contributed by atoms with E-state index in [1.807, 2.05) is 20.8 Å². The van der Waals surface area contributed by atoms with E-state index >= 15 is 0 Å². The fourth-order valence-corrected chi connectivity index (χ4v) is 0.852. The quantitative estimate of drug-likeness (QED) is 0.492. The number of halogens is 1. The van der Waals surface area contributed by atoms with Crippen molar-refractivity contribution in [3.63, 3.8) is 0 Å². The average Bonchev–Trinajstić information content (AvgIpc) is 1.21. The van der Waals surface area contributed by atoms with E-state index in [1.54, 1.807) is 0 Å². The number of alkyl halides is 1. The van der Waals surface area contributed by atoms with Gasteiger partial charge in [0.2, 0.25) is 5.20 Å². The summed E-state index contributed by atoms with van der Waals surface area (Å²) in [4.78, 5) is 0. The molecule has 1 atom stereocenters. The Balaban J connectivity index is 3.39. The summed E-state index contributed by atoms with van der Waals surface area (Å²) < 4.78 is 4.91. The van der Waals surface area contributed by atoms with Crippen LogP contribution in [0.4, 0.5) is 0 Å². The Morgan fingerprint density at radius 2 is 1.88 bits per heavy atom. The Bertz CT molecular complexity index is 65.3. The van der Waals surface area contributed by atoms with Crippen molar-refractivity contribution in [2.75, 3.05) is 0 Å². The van der Waals surface area contributed by atoms with E-state index < -0.39 is 5.20 Å². The predicted molar refractivity (Wildman–Crippen MR) is 35.8 cm³/mol. The van der Waals surface area contributed by atoms with Crippen molar-refractivity contribution in [2.45, 2.75) is 31.6 Å². The summed E-state index contributed by atoms with van der Waals surface area (Å²) in [6.45, 7) is 5.62. The van der Waals surface area contributed by atoms with Gasteiger partial charge in [-0.05, 0) is 36.7 Å². The molecule has 0 aromatic heterocycles. The van der Waals surface area contributed by atoms with Crippen LogP contribution in [0, 0.1) is 0 Å². The fraction of sp³-hybridized carbons (Fsp3) is 1.00. The summed E-state index contributed by atoms with van der Waals surface area (Å²) in [6.07, 6.45) is 0. The maximum atomic E-state index is 8.58. The summed E-state index contributed by atoms with van der Waals surface area (Å²) in [6, 6.07) is 0. The zero-order chi connectivity index (χ0) is 6.78. The molecular formula is C5H11BrO2. The molecule has 0 heterocycles. The van der Waals surface area contributed by atoms with Crippen LogP contribution in [0.1, 0.15) is 20.8 Å². The topological polar surface area (TPSA) is 29.5 Å². The van der Waals surface area contributed by atoms with Gasteiger partial charge in [0.1, 0.15) is 0 Å². The van der Waals surface area contributed by atoms with Gasteiger partial charge < -0.3 is 9.84 Å². The van der Waals surface area contributed by atoms with Gasteiger partial charge in [0.15, 0.2) is 0 Å². The highest BCUT2D eigenvalue weighted by molar-refractivity contribution is 9.09. The highest BCUT2D eigenvalue weighted by Gasteiger charge is 2.13. The minimum absolute atomic E-state index is 0.275. The van der Waals surface area contributed by atoms with Gasteiger partial charge in [0.05, 0.1) is 5.60 Å². The van der Waals surface area contributed by atoms with Crippen molar-refractivity contribution in [2.24, 2.45) is 0 Å². The number of ether oxygens (including phenoxy) is 1. The van der Waals surface area contributed by atoms with Gasteiger partial charge in [-0.3, -0.25) is 0 Å². The molecular weight excluding hydrogens is 172 g/mol. The Kier molecular flexibility index (Phi) is 2.94. The molecule has 1 unspecified atom stereocenters. The first-order valence-electron chi connectivity index (χ1n) is 2.42. The van der Waals surface area contributed by atoms with E-state index in [2.05, 4.69) is 15.9 Å². The van der Waals surface area contributed by atoms with Crippen LogP contribution in [0.25, 0.3) is 0 Å². The Hall–Kier alpha value is 0.400. The van der Waals surface area contributed by atoms with Crippen molar-refractivity contribution in [1.82, 2.24) is 0 Å². The van der Waals surface area contributed by atoms with E-state index in [1.165, 1.54) is 0 Å². The van der Waals surface area contributed by atoms with Crippen LogP contribution in [0.5, 0.6) is 0 Å². The van der Waals surface area contributed by atoms with E-state index in [4.69, 9.17) is 9.84 Å². The van der Waals surface area contributed by atoms with Gasteiger partial charge >= 0.3 is 0 Å². The molecule has 0 aromatic carbocycles. The third kappa shape index (κ3) is 6.40. The number of aliphatic hydroxyl groups excluding tert-OH is 1. The minimum atomic E-state index is -0.845. The monoisotopic (exact) mass is 182 g/mol. The molecule has 0 saturated heterocycles. The van der Waals surface area contributed by atoms with Crippen LogP contribution in [-0.2, 0) is 4.74 Å². The van der Waals surface area contributed by atoms with Crippen LogP contribution in [0.2, 0.25) is 0 Å². The second-order valence-corrected chi connectivity index (χ2v) is 3.31. The van der Waals surface area contributed by atoms with E-state index in [-0.39, 0.29) is 5.60 Å². The van der Waals surface area contributed by atoms with Gasteiger partial charge in [0, 0.05) is 0 Å². The summed E-state index contributed by atoms with van der Waals surface area (Å²) in [5, 5.41) is 7.74. The van der Waals surface area contributed by atoms with Crippen LogP contribution < -0.4 is 0 Å². The molecule has 0 aliphatic heterocycles. The Labute approximate surface area is 58.0 Å². The average molecular weight is 183 g/mol. The highest BCUT2D eigenvalue weighted by Crippen LogP contribution is 2.11. The van der Waals surface area contributed by atoms with E-state index in [9.17, 15) is 0 Å². The molecule has 8 heavy (non-hydrogen) atoms. The van der Waals surface area contributed by atoms with E-state index in [0.29, 0.717) is 0 Å². The molecule has 0 aliphatic carbocycles. The molecule has 0 amide bonds. The van der Waals surface area contributed by atoms with Gasteiger partial charge in [-0.15, -0.1) is 0 Å². The zero-order valence-electron chi connectivity index (χ0n) is 5.31. The van der Waals surface area contributed by atoms with Gasteiger partial charge in [-0.1, -0.05) is 0 Å². The molecule has 0 bridgehead atoms. The molecule has 0 rings (SSSR count). The molecule has 0 fully saturated rings. The molecule has 0 saturated carbocycles. The first-order valence-corrected chi connectivity index (χ1v) is 3.33. The number of hydrogen-bond donors (Lipinski definition) is 1. The lowest BCUT2D eigenvalue weighted by molar-refractivity contribution is -0.108. The lowest BCUT2D eigenvalue weighted by atomic mass is 10.2. The summed E-state index contributed by atoms with van der Waals surface area (Å²) in [5.41, 5.74) is -0.275. The molecule has 0 aromatic rings. The van der Waals surface area contributed by atoms with Crippen LogP contribution in [-0.4, -0.2) is 15.9 Å². The third-order valence-corrected chi connectivity index (χ3v) is 0.638. The predicted octanol–water partition coefficient (Wildman–Crippen LogP) is 1.47. The lowest BCUT2D eigenvalue weighted by Crippen LogP contribution is -2.23. The van der Waals surface area contributed by atoms with Crippen LogP contribution in [0.15, 0.2) is 0 Å².